The largest absolute Gasteiger partial charge is 0.418 e. The van der Waals surface area contributed by atoms with Gasteiger partial charge in [-0.2, -0.15) is 0 Å². The maximum Gasteiger partial charge on any atom is 0.349 e. The number of hydrogen-bond donors (Lipinski definition) is 0. The van der Waals surface area contributed by atoms with Gasteiger partial charge in [0.1, 0.15) is 0 Å². The summed E-state index contributed by atoms with van der Waals surface area (Å²) in [6.45, 7) is 2.23. The quantitative estimate of drug-likeness (QED) is 0.371. The highest BCUT2D eigenvalue weighted by molar-refractivity contribution is 6.53. The lowest BCUT2D eigenvalue weighted by Crippen LogP contribution is -2.13. The molecule has 1 aliphatic heterocycles. The molecule has 1 unspecified atom stereocenters. The van der Waals surface area contributed by atoms with Crippen LogP contribution in [0.4, 0.5) is 0 Å². The topological polar surface area (TPSA) is 27.7 Å². The van der Waals surface area contributed by atoms with Gasteiger partial charge in [-0.1, -0.05) is 39.0 Å². The number of rotatable bonds is 6. The van der Waals surface area contributed by atoms with E-state index in [4.69, 9.17) is 13.3 Å². The van der Waals surface area contributed by atoms with Crippen molar-refractivity contribution in [2.24, 2.45) is 0 Å². The van der Waals surface area contributed by atoms with Gasteiger partial charge in [-0.25, -0.2) is 0 Å². The van der Waals surface area contributed by atoms with Gasteiger partial charge in [0.25, 0.3) is 0 Å². The minimum atomic E-state index is -1.29. The third kappa shape index (κ3) is 4.37. The molecule has 0 N–H and O–H groups in total. The van der Waals surface area contributed by atoms with E-state index in [-0.39, 0.29) is 0 Å². The van der Waals surface area contributed by atoms with Crippen LogP contribution in [0.15, 0.2) is 0 Å². The fourth-order valence-electron chi connectivity index (χ4n) is 1.28. The van der Waals surface area contributed by atoms with Gasteiger partial charge in [-0.05, 0) is 6.04 Å². The summed E-state index contributed by atoms with van der Waals surface area (Å²) in [5.74, 6) is 0. The summed E-state index contributed by atoms with van der Waals surface area (Å²) in [6.07, 6.45) is 6.61. The molecule has 0 spiro atoms. The van der Waals surface area contributed by atoms with E-state index in [1.165, 1.54) is 32.1 Å². The fourth-order valence-corrected chi connectivity index (χ4v) is 4.55. The van der Waals surface area contributed by atoms with Crippen LogP contribution >= 0.6 is 0 Å². The number of hydrogen-bond acceptors (Lipinski definition) is 3. The Morgan fingerprint density at radius 2 is 2.00 bits per heavy atom. The average Bonchev–Trinajstić information content (AvgIpc) is 2.57. The fraction of sp³-hybridized carbons (Fsp3) is 1.00. The molecule has 12 heavy (non-hydrogen) atoms. The molecule has 0 radical (unpaired) electrons. The maximum atomic E-state index is 5.39. The first-order valence-electron chi connectivity index (χ1n) is 4.83. The summed E-state index contributed by atoms with van der Waals surface area (Å²) < 4.78 is 15.2. The molecular weight excluding hydrogens is 188 g/mol. The van der Waals surface area contributed by atoms with E-state index in [1.54, 1.807) is 0 Å². The zero-order valence-electron chi connectivity index (χ0n) is 7.75. The van der Waals surface area contributed by atoms with Gasteiger partial charge in [-0.15, -0.1) is 0 Å². The Morgan fingerprint density at radius 1 is 1.17 bits per heavy atom. The lowest BCUT2D eigenvalue weighted by molar-refractivity contribution is -0.0927. The van der Waals surface area contributed by atoms with Crippen LogP contribution in [-0.4, -0.2) is 19.3 Å². The van der Waals surface area contributed by atoms with E-state index in [0.717, 1.165) is 6.04 Å². The van der Waals surface area contributed by atoms with Crippen LogP contribution in [0.5, 0.6) is 0 Å². The zero-order chi connectivity index (χ0) is 8.65. The summed E-state index contributed by atoms with van der Waals surface area (Å²) >= 11 is 0. The minimum Gasteiger partial charge on any atom is -0.418 e. The second-order valence-corrected chi connectivity index (χ2v) is 6.56. The highest BCUT2D eigenvalue weighted by Crippen LogP contribution is 2.11. The molecule has 1 saturated heterocycles. The van der Waals surface area contributed by atoms with Crippen LogP contribution in [0.25, 0.3) is 0 Å². The van der Waals surface area contributed by atoms with Crippen molar-refractivity contribution in [2.45, 2.75) is 45.1 Å². The van der Waals surface area contributed by atoms with Gasteiger partial charge in [0.2, 0.25) is 0 Å². The molecule has 0 aliphatic carbocycles. The molecule has 0 aromatic heterocycles. The smallest absolute Gasteiger partial charge is 0.349 e. The molecule has 0 saturated carbocycles. The van der Waals surface area contributed by atoms with Gasteiger partial charge in [0.05, 0.1) is 0 Å². The first-order chi connectivity index (χ1) is 5.93. The molecule has 72 valence electrons. The molecule has 5 heteroatoms. The molecule has 0 amide bonds. The maximum absolute atomic E-state index is 5.39. The van der Waals surface area contributed by atoms with Crippen LogP contribution in [0.1, 0.15) is 39.0 Å². The molecule has 1 fully saturated rings. The SMILES string of the molecule is CCCCCCC[SiH]1OO[SiH2]O1. The molecule has 0 aromatic rings. The van der Waals surface area contributed by atoms with Gasteiger partial charge < -0.3 is 4.12 Å². The monoisotopic (exact) mass is 206 g/mol. The van der Waals surface area contributed by atoms with E-state index >= 15 is 0 Å². The van der Waals surface area contributed by atoms with E-state index in [9.17, 15) is 0 Å². The average molecular weight is 206 g/mol. The molecule has 1 heterocycles. The van der Waals surface area contributed by atoms with E-state index in [0.29, 0.717) is 0 Å². The van der Waals surface area contributed by atoms with Crippen molar-refractivity contribution in [3.05, 3.63) is 0 Å². The molecule has 0 aromatic carbocycles. The van der Waals surface area contributed by atoms with Crippen molar-refractivity contribution < 1.29 is 13.3 Å². The highest BCUT2D eigenvalue weighted by atomic mass is 28.4. The molecule has 0 bridgehead atoms. The highest BCUT2D eigenvalue weighted by Gasteiger charge is 2.20. The Balaban J connectivity index is 1.81. The summed E-state index contributed by atoms with van der Waals surface area (Å²) in [7, 11) is -2.00. The standard InChI is InChI=1S/C7H18O3Si2/c1-2-3-4-5-6-7-12-9-8-11-10-12/h12H,2-7,11H2,1H3. The predicted molar refractivity (Wildman–Crippen MR) is 52.5 cm³/mol. The molecule has 3 nitrogen and oxygen atoms in total. The van der Waals surface area contributed by atoms with Gasteiger partial charge in [-0.3, -0.25) is 9.15 Å². The first-order valence-corrected chi connectivity index (χ1v) is 7.74. The first kappa shape index (κ1) is 10.4. The summed E-state index contributed by atoms with van der Waals surface area (Å²) in [6, 6.07) is 1.14. The van der Waals surface area contributed by atoms with Crippen molar-refractivity contribution in [3.8, 4) is 0 Å². The normalized spacial score (nSPS) is 25.2. The van der Waals surface area contributed by atoms with Crippen molar-refractivity contribution in [1.29, 1.82) is 0 Å². The van der Waals surface area contributed by atoms with Gasteiger partial charge in [0, 0.05) is 0 Å². The Hall–Kier alpha value is 0.314. The van der Waals surface area contributed by atoms with Crippen LogP contribution in [-0.2, 0) is 13.3 Å². The second-order valence-electron chi connectivity index (χ2n) is 3.13. The second kappa shape index (κ2) is 6.79. The summed E-state index contributed by atoms with van der Waals surface area (Å²) in [5.41, 5.74) is 0. The van der Waals surface area contributed by atoms with E-state index < -0.39 is 19.3 Å². The van der Waals surface area contributed by atoms with Crippen molar-refractivity contribution >= 4 is 19.3 Å². The third-order valence-electron chi connectivity index (χ3n) is 2.02. The number of unbranched alkanes of at least 4 members (excludes halogenated alkanes) is 4. The van der Waals surface area contributed by atoms with E-state index in [1.807, 2.05) is 0 Å². The van der Waals surface area contributed by atoms with Crippen molar-refractivity contribution in [1.82, 2.24) is 0 Å². The Labute approximate surface area is 78.2 Å². The van der Waals surface area contributed by atoms with Crippen LogP contribution in [0.3, 0.4) is 0 Å². The molecule has 1 aliphatic rings. The third-order valence-corrected chi connectivity index (χ3v) is 5.79. The van der Waals surface area contributed by atoms with Crippen LogP contribution in [0.2, 0.25) is 6.04 Å². The molecule has 1 atom stereocenters. The summed E-state index contributed by atoms with van der Waals surface area (Å²) in [5, 5.41) is 0. The summed E-state index contributed by atoms with van der Waals surface area (Å²) in [4.78, 5) is 0. The lowest BCUT2D eigenvalue weighted by atomic mass is 10.2. The predicted octanol–water partition coefficient (Wildman–Crippen LogP) is 1.15. The Morgan fingerprint density at radius 3 is 2.67 bits per heavy atom. The Kier molecular flexibility index (Phi) is 5.88. The van der Waals surface area contributed by atoms with Crippen molar-refractivity contribution in [3.63, 3.8) is 0 Å². The van der Waals surface area contributed by atoms with Gasteiger partial charge in [0.15, 0.2) is 0 Å². The molecular formula is C7H18O3Si2. The zero-order valence-corrected chi connectivity index (χ0v) is 10.3. The van der Waals surface area contributed by atoms with E-state index in [2.05, 4.69) is 6.92 Å². The van der Waals surface area contributed by atoms with Gasteiger partial charge >= 0.3 is 19.3 Å². The molecule has 1 rings (SSSR count). The van der Waals surface area contributed by atoms with Crippen LogP contribution in [0, 0.1) is 0 Å². The minimum absolute atomic E-state index is 0.709. The Bertz CT molecular complexity index is 107. The lowest BCUT2D eigenvalue weighted by Gasteiger charge is -2.03. The van der Waals surface area contributed by atoms with Crippen LogP contribution < -0.4 is 0 Å². The van der Waals surface area contributed by atoms with Crippen molar-refractivity contribution in [2.75, 3.05) is 0 Å².